The van der Waals surface area contributed by atoms with Gasteiger partial charge in [-0.05, 0) is 47.0 Å². The molecule has 0 amide bonds. The van der Waals surface area contributed by atoms with E-state index in [1.54, 1.807) is 0 Å². The van der Waals surface area contributed by atoms with Gasteiger partial charge in [-0.25, -0.2) is 4.98 Å². The Morgan fingerprint density at radius 3 is 2.80 bits per heavy atom. The molecule has 4 aromatic rings. The average Bonchev–Trinajstić information content (AvgIpc) is 3.03. The van der Waals surface area contributed by atoms with Crippen LogP contribution in [0.3, 0.4) is 0 Å². The van der Waals surface area contributed by atoms with Crippen molar-refractivity contribution in [1.82, 2.24) is 14.7 Å². The fraction of sp³-hybridized carbons (Fsp3) is 0.190. The second-order valence-electron chi connectivity index (χ2n) is 6.44. The first-order chi connectivity index (χ1) is 12.2. The SMILES string of the molecule is Cc1ccn2c(CNCC(O)c3ccc4ccccc4c3)cnc2c1. The zero-order chi connectivity index (χ0) is 17.2. The molecule has 4 heteroatoms. The molecule has 0 bridgehead atoms. The van der Waals surface area contributed by atoms with Crippen LogP contribution in [-0.2, 0) is 6.54 Å². The summed E-state index contributed by atoms with van der Waals surface area (Å²) in [6.07, 6.45) is 3.38. The Labute approximate surface area is 146 Å². The molecule has 126 valence electrons. The first-order valence-electron chi connectivity index (χ1n) is 8.51. The molecule has 25 heavy (non-hydrogen) atoms. The quantitative estimate of drug-likeness (QED) is 0.587. The van der Waals surface area contributed by atoms with Crippen LogP contribution in [0.1, 0.15) is 22.9 Å². The summed E-state index contributed by atoms with van der Waals surface area (Å²) < 4.78 is 2.07. The molecule has 2 heterocycles. The molecule has 0 radical (unpaired) electrons. The van der Waals surface area contributed by atoms with Crippen molar-refractivity contribution in [3.05, 3.63) is 83.8 Å². The highest BCUT2D eigenvalue weighted by Crippen LogP contribution is 2.20. The van der Waals surface area contributed by atoms with E-state index >= 15 is 0 Å². The maximum Gasteiger partial charge on any atom is 0.137 e. The van der Waals surface area contributed by atoms with Crippen molar-refractivity contribution >= 4 is 16.4 Å². The van der Waals surface area contributed by atoms with Crippen LogP contribution < -0.4 is 5.32 Å². The highest BCUT2D eigenvalue weighted by Gasteiger charge is 2.09. The minimum absolute atomic E-state index is 0.497. The Hall–Kier alpha value is -2.69. The third-order valence-corrected chi connectivity index (χ3v) is 4.55. The van der Waals surface area contributed by atoms with Crippen molar-refractivity contribution in [3.63, 3.8) is 0 Å². The van der Waals surface area contributed by atoms with E-state index in [2.05, 4.69) is 58.0 Å². The van der Waals surface area contributed by atoms with Crippen LogP contribution in [0.15, 0.2) is 67.0 Å². The van der Waals surface area contributed by atoms with Gasteiger partial charge in [-0.3, -0.25) is 0 Å². The number of nitrogens with zero attached hydrogens (tertiary/aromatic N) is 2. The minimum Gasteiger partial charge on any atom is -0.387 e. The number of hydrogen-bond donors (Lipinski definition) is 2. The number of imidazole rings is 1. The van der Waals surface area contributed by atoms with E-state index in [9.17, 15) is 5.11 Å². The molecule has 2 N–H and O–H groups in total. The number of rotatable bonds is 5. The Balaban J connectivity index is 1.43. The van der Waals surface area contributed by atoms with E-state index in [-0.39, 0.29) is 0 Å². The van der Waals surface area contributed by atoms with E-state index < -0.39 is 6.10 Å². The number of pyridine rings is 1. The lowest BCUT2D eigenvalue weighted by Gasteiger charge is -2.13. The molecule has 1 atom stereocenters. The van der Waals surface area contributed by atoms with Gasteiger partial charge in [0.25, 0.3) is 0 Å². The summed E-state index contributed by atoms with van der Waals surface area (Å²) in [4.78, 5) is 4.43. The Morgan fingerprint density at radius 1 is 1.08 bits per heavy atom. The number of aliphatic hydroxyl groups is 1. The summed E-state index contributed by atoms with van der Waals surface area (Å²) in [5.41, 5.74) is 4.16. The Morgan fingerprint density at radius 2 is 1.92 bits per heavy atom. The van der Waals surface area contributed by atoms with E-state index in [1.165, 1.54) is 10.9 Å². The number of aromatic nitrogens is 2. The van der Waals surface area contributed by atoms with Crippen molar-refractivity contribution in [1.29, 1.82) is 0 Å². The number of aliphatic hydroxyl groups excluding tert-OH is 1. The standard InChI is InChI=1S/C21H21N3O/c1-15-8-9-24-19(13-23-21(24)10-15)12-22-14-20(25)18-7-6-16-4-2-3-5-17(16)11-18/h2-11,13,20,22,25H,12,14H2,1H3. The van der Waals surface area contributed by atoms with Gasteiger partial charge in [0, 0.05) is 19.3 Å². The lowest BCUT2D eigenvalue weighted by atomic mass is 10.0. The van der Waals surface area contributed by atoms with E-state index in [0.29, 0.717) is 13.1 Å². The molecule has 0 saturated carbocycles. The summed E-state index contributed by atoms with van der Waals surface area (Å²) in [6.45, 7) is 3.22. The normalized spacial score (nSPS) is 12.7. The summed E-state index contributed by atoms with van der Waals surface area (Å²) in [6, 6.07) is 18.4. The fourth-order valence-corrected chi connectivity index (χ4v) is 3.14. The average molecular weight is 331 g/mol. The highest BCUT2D eigenvalue weighted by atomic mass is 16.3. The smallest absolute Gasteiger partial charge is 0.137 e. The zero-order valence-corrected chi connectivity index (χ0v) is 14.2. The zero-order valence-electron chi connectivity index (χ0n) is 14.2. The molecule has 2 aromatic carbocycles. The molecule has 0 aliphatic rings. The van der Waals surface area contributed by atoms with Crippen LogP contribution in [0, 0.1) is 6.92 Å². The molecule has 2 aromatic heterocycles. The fourth-order valence-electron chi connectivity index (χ4n) is 3.14. The minimum atomic E-state index is -0.536. The predicted octanol–water partition coefficient (Wildman–Crippen LogP) is 3.62. The Kier molecular flexibility index (Phi) is 4.22. The van der Waals surface area contributed by atoms with Gasteiger partial charge < -0.3 is 14.8 Å². The number of nitrogens with one attached hydrogen (secondary N) is 1. The third kappa shape index (κ3) is 3.27. The first kappa shape index (κ1) is 15.8. The van der Waals surface area contributed by atoms with Crippen molar-refractivity contribution < 1.29 is 5.11 Å². The van der Waals surface area contributed by atoms with E-state index in [0.717, 1.165) is 22.3 Å². The van der Waals surface area contributed by atoms with Crippen LogP contribution in [0.4, 0.5) is 0 Å². The summed E-state index contributed by atoms with van der Waals surface area (Å²) >= 11 is 0. The van der Waals surface area contributed by atoms with Crippen LogP contribution >= 0.6 is 0 Å². The second kappa shape index (κ2) is 6.67. The molecule has 0 fully saturated rings. The highest BCUT2D eigenvalue weighted by molar-refractivity contribution is 5.83. The molecule has 1 unspecified atom stereocenters. The summed E-state index contributed by atoms with van der Waals surface area (Å²) in [5, 5.41) is 16.1. The van der Waals surface area contributed by atoms with Crippen LogP contribution in [0.25, 0.3) is 16.4 Å². The molecular weight excluding hydrogens is 310 g/mol. The maximum absolute atomic E-state index is 10.5. The van der Waals surface area contributed by atoms with Gasteiger partial charge in [0.15, 0.2) is 0 Å². The molecule has 0 aliphatic carbocycles. The first-order valence-corrected chi connectivity index (χ1v) is 8.51. The van der Waals surface area contributed by atoms with Gasteiger partial charge in [-0.1, -0.05) is 36.4 Å². The summed E-state index contributed by atoms with van der Waals surface area (Å²) in [7, 11) is 0. The molecular formula is C21H21N3O. The summed E-state index contributed by atoms with van der Waals surface area (Å²) in [5.74, 6) is 0. The largest absolute Gasteiger partial charge is 0.387 e. The topological polar surface area (TPSA) is 49.6 Å². The van der Waals surface area contributed by atoms with Gasteiger partial charge in [0.2, 0.25) is 0 Å². The van der Waals surface area contributed by atoms with Gasteiger partial charge in [0.05, 0.1) is 18.0 Å². The van der Waals surface area contributed by atoms with Crippen molar-refractivity contribution in [2.24, 2.45) is 0 Å². The van der Waals surface area contributed by atoms with Crippen LogP contribution in [0.5, 0.6) is 0 Å². The maximum atomic E-state index is 10.5. The van der Waals surface area contributed by atoms with Crippen molar-refractivity contribution in [2.45, 2.75) is 19.6 Å². The monoisotopic (exact) mass is 331 g/mol. The van der Waals surface area contributed by atoms with Crippen LogP contribution in [-0.4, -0.2) is 21.0 Å². The van der Waals surface area contributed by atoms with Crippen molar-refractivity contribution in [3.8, 4) is 0 Å². The van der Waals surface area contributed by atoms with Gasteiger partial charge in [0.1, 0.15) is 5.65 Å². The molecule has 0 aliphatic heterocycles. The van der Waals surface area contributed by atoms with Gasteiger partial charge in [-0.15, -0.1) is 0 Å². The molecule has 4 rings (SSSR count). The molecule has 0 saturated heterocycles. The van der Waals surface area contributed by atoms with E-state index in [1.807, 2.05) is 30.6 Å². The van der Waals surface area contributed by atoms with Crippen LogP contribution in [0.2, 0.25) is 0 Å². The number of hydrogen-bond acceptors (Lipinski definition) is 3. The van der Waals surface area contributed by atoms with E-state index in [4.69, 9.17) is 0 Å². The Bertz CT molecular complexity index is 1020. The number of benzene rings is 2. The van der Waals surface area contributed by atoms with Gasteiger partial charge in [-0.2, -0.15) is 0 Å². The lowest BCUT2D eigenvalue weighted by Crippen LogP contribution is -2.21. The third-order valence-electron chi connectivity index (χ3n) is 4.55. The number of fused-ring (bicyclic) bond motifs is 2. The second-order valence-corrected chi connectivity index (χ2v) is 6.44. The molecule has 0 spiro atoms. The predicted molar refractivity (Wildman–Crippen MR) is 101 cm³/mol. The van der Waals surface area contributed by atoms with Crippen molar-refractivity contribution in [2.75, 3.05) is 6.54 Å². The number of aryl methyl sites for hydroxylation is 1. The van der Waals surface area contributed by atoms with Gasteiger partial charge >= 0.3 is 0 Å². The molecule has 4 nitrogen and oxygen atoms in total. The lowest BCUT2D eigenvalue weighted by molar-refractivity contribution is 0.174.